The molecule has 0 atom stereocenters. The lowest BCUT2D eigenvalue weighted by molar-refractivity contribution is 0.00739. The van der Waals surface area contributed by atoms with Gasteiger partial charge in [0.25, 0.3) is 0 Å². The van der Waals surface area contributed by atoms with Crippen LogP contribution in [0.2, 0.25) is 0 Å². The molecule has 0 aliphatic carbocycles. The van der Waals surface area contributed by atoms with E-state index in [1.54, 1.807) is 0 Å². The topological polar surface area (TPSA) is 36.4 Å². The maximum Gasteiger partial charge on any atom is 0.303 e. The number of allylic oxidation sites excluding steroid dienone is 2. The van der Waals surface area contributed by atoms with Crippen LogP contribution in [0.15, 0.2) is 59.7 Å². The highest BCUT2D eigenvalue weighted by Gasteiger charge is 2.18. The minimum atomic E-state index is 0.883. The molecule has 0 radical (unpaired) electrons. The van der Waals surface area contributed by atoms with Gasteiger partial charge in [-0.1, -0.05) is 108 Å². The van der Waals surface area contributed by atoms with Crippen LogP contribution < -0.4 is 0 Å². The lowest BCUT2D eigenvalue weighted by atomic mass is 9.84. The van der Waals surface area contributed by atoms with Gasteiger partial charge in [-0.15, -0.1) is 4.79 Å². The van der Waals surface area contributed by atoms with Crippen LogP contribution in [0, 0.1) is 0 Å². The van der Waals surface area contributed by atoms with E-state index in [0.29, 0.717) is 0 Å². The van der Waals surface area contributed by atoms with E-state index in [2.05, 4.69) is 86.9 Å². The zero-order chi connectivity index (χ0) is 25.3. The summed E-state index contributed by atoms with van der Waals surface area (Å²) in [4.78, 5) is 3.38. The second-order valence-corrected chi connectivity index (χ2v) is 9.71. The molecule has 0 aromatic heterocycles. The summed E-state index contributed by atoms with van der Waals surface area (Å²) in [5.74, 6) is 2.98. The molecule has 2 rings (SSSR count). The monoisotopic (exact) mass is 470 g/mol. The quantitative estimate of drug-likeness (QED) is 0.0769. The smallest absolute Gasteiger partial charge is 0.303 e. The van der Waals surface area contributed by atoms with Gasteiger partial charge in [0.1, 0.15) is 0 Å². The summed E-state index contributed by atoms with van der Waals surface area (Å²) in [6.07, 6.45) is 14.7. The molecule has 0 aliphatic rings. The molecule has 0 saturated carbocycles. The summed E-state index contributed by atoms with van der Waals surface area (Å²) in [6.45, 7) is 8.95. The third-order valence-electron chi connectivity index (χ3n) is 6.76. The van der Waals surface area contributed by atoms with E-state index in [-0.39, 0.29) is 0 Å². The molecule has 2 aromatic rings. The Morgan fingerprint density at radius 2 is 1.34 bits per heavy atom. The van der Waals surface area contributed by atoms with Crippen LogP contribution in [0.3, 0.4) is 0 Å². The van der Waals surface area contributed by atoms with Gasteiger partial charge in [-0.2, -0.15) is 0 Å². The maximum absolute atomic E-state index is 9.48. The van der Waals surface area contributed by atoms with E-state index in [0.717, 1.165) is 56.9 Å². The zero-order valence-electron chi connectivity index (χ0n) is 22.7. The van der Waals surface area contributed by atoms with Crippen molar-refractivity contribution < 1.29 is 4.79 Å². The Kier molecular flexibility index (Phi) is 13.8. The number of nitrogens with zero attached hydrogens (tertiary/aromatic N) is 2. The van der Waals surface area contributed by atoms with Gasteiger partial charge in [-0.05, 0) is 84.8 Å². The minimum Gasteiger partial charge on any atom is -0.348 e. The molecule has 0 heterocycles. The molecular weight excluding hydrogens is 424 g/mol. The Labute approximate surface area is 214 Å². The van der Waals surface area contributed by atoms with Gasteiger partial charge in [0.15, 0.2) is 0 Å². The molecule has 0 unspecified atom stereocenters. The molecular formula is C33H46N2. The zero-order valence-corrected chi connectivity index (χ0v) is 22.7. The van der Waals surface area contributed by atoms with Crippen molar-refractivity contribution in [2.75, 3.05) is 0 Å². The van der Waals surface area contributed by atoms with E-state index < -0.39 is 0 Å². The summed E-state index contributed by atoms with van der Waals surface area (Å²) in [5, 5.41) is 0. The molecule has 0 N–H and O–H groups in total. The minimum absolute atomic E-state index is 0.883. The molecule has 188 valence electrons. The van der Waals surface area contributed by atoms with Gasteiger partial charge >= 0.3 is 5.87 Å². The van der Waals surface area contributed by atoms with Crippen LogP contribution in [0.4, 0.5) is 0 Å². The van der Waals surface area contributed by atoms with Crippen molar-refractivity contribution in [2.24, 2.45) is 0 Å². The molecule has 0 bridgehead atoms. The Morgan fingerprint density at radius 3 is 2.00 bits per heavy atom. The van der Waals surface area contributed by atoms with Crippen molar-refractivity contribution in [2.45, 2.75) is 111 Å². The normalized spacial score (nSPS) is 11.5. The molecule has 0 saturated heterocycles. The van der Waals surface area contributed by atoms with Crippen LogP contribution in [-0.2, 0) is 12.8 Å². The summed E-state index contributed by atoms with van der Waals surface area (Å²) in [7, 11) is 0. The van der Waals surface area contributed by atoms with E-state index in [4.69, 9.17) is 0 Å². The summed E-state index contributed by atoms with van der Waals surface area (Å²) >= 11 is 0. The first-order chi connectivity index (χ1) is 17.2. The highest BCUT2D eigenvalue weighted by Crippen LogP contribution is 2.35. The van der Waals surface area contributed by atoms with Crippen LogP contribution in [0.5, 0.6) is 0 Å². The second kappa shape index (κ2) is 16.9. The van der Waals surface area contributed by atoms with Gasteiger partial charge in [-0.3, -0.25) is 0 Å². The van der Waals surface area contributed by atoms with Crippen molar-refractivity contribution in [3.8, 4) is 0 Å². The fourth-order valence-electron chi connectivity index (χ4n) is 4.66. The number of hydrogen-bond donors (Lipinski definition) is 0. The second-order valence-electron chi connectivity index (χ2n) is 9.71. The van der Waals surface area contributed by atoms with Crippen LogP contribution >= 0.6 is 0 Å². The van der Waals surface area contributed by atoms with Crippen molar-refractivity contribution in [1.82, 2.24) is 0 Å². The number of benzene rings is 2. The van der Waals surface area contributed by atoms with Crippen molar-refractivity contribution >= 4 is 11.4 Å². The first-order valence-electron chi connectivity index (χ1n) is 14.1. The number of aryl methyl sites for hydroxylation is 2. The average Bonchev–Trinajstić information content (AvgIpc) is 2.89. The van der Waals surface area contributed by atoms with Gasteiger partial charge in [0, 0.05) is 0 Å². The predicted octanol–water partition coefficient (Wildman–Crippen LogP) is 9.77. The van der Waals surface area contributed by atoms with Crippen LogP contribution in [0.1, 0.15) is 121 Å². The first-order valence-corrected chi connectivity index (χ1v) is 14.1. The van der Waals surface area contributed by atoms with Crippen molar-refractivity contribution in [3.63, 3.8) is 0 Å². The molecule has 0 aliphatic heterocycles. The third kappa shape index (κ3) is 9.48. The van der Waals surface area contributed by atoms with Crippen LogP contribution in [0.25, 0.3) is 11.1 Å². The fraction of sp³-hybridized carbons (Fsp3) is 0.515. The third-order valence-corrected chi connectivity index (χ3v) is 6.76. The molecule has 0 amide bonds. The lowest BCUT2D eigenvalue weighted by Crippen LogP contribution is -2.02. The summed E-state index contributed by atoms with van der Waals surface area (Å²) < 4.78 is 0. The lowest BCUT2D eigenvalue weighted by Gasteiger charge is -2.18. The van der Waals surface area contributed by atoms with Crippen molar-refractivity contribution in [1.29, 1.82) is 0 Å². The highest BCUT2D eigenvalue weighted by molar-refractivity contribution is 5.87. The van der Waals surface area contributed by atoms with E-state index in [9.17, 15) is 5.53 Å². The Hall–Kier alpha value is -2.66. The molecule has 0 fully saturated rings. The van der Waals surface area contributed by atoms with Gasteiger partial charge in [-0.25, -0.2) is 0 Å². The molecule has 35 heavy (non-hydrogen) atoms. The Morgan fingerprint density at radius 1 is 0.686 bits per heavy atom. The fourth-order valence-corrected chi connectivity index (χ4v) is 4.66. The van der Waals surface area contributed by atoms with Crippen molar-refractivity contribution in [3.05, 3.63) is 87.5 Å². The Bertz CT molecular complexity index is 1000. The van der Waals surface area contributed by atoms with E-state index >= 15 is 0 Å². The maximum atomic E-state index is 9.48. The molecule has 0 spiro atoms. The predicted molar refractivity (Wildman–Crippen MR) is 152 cm³/mol. The number of hydrogen-bond acceptors (Lipinski definition) is 0. The number of unbranched alkanes of at least 4 members (excludes halogenated alkanes) is 5. The van der Waals surface area contributed by atoms with Gasteiger partial charge in [0.2, 0.25) is 0 Å². The van der Waals surface area contributed by atoms with Gasteiger partial charge in [0.05, 0.1) is 5.57 Å². The average molecular weight is 471 g/mol. The van der Waals surface area contributed by atoms with E-state index in [1.807, 2.05) is 0 Å². The molecule has 2 aromatic carbocycles. The van der Waals surface area contributed by atoms with E-state index in [1.165, 1.54) is 65.5 Å². The largest absolute Gasteiger partial charge is 0.348 e. The standard InChI is InChI=1S/C33H46N2/c1-5-9-13-16-27-21-23-29(24-22-27)33(30-19-14-17-28(25-30)15-10-6-2)32(20-12-8-4)31(26-35-34)18-11-7-3/h14,17,19,21-25H,5-13,15-16,18,20H2,1-4H3. The SMILES string of the molecule is CCCCCc1ccc(C(=C(CCCC)C(=C=[N+]=[N-])CCCC)c2cccc(CCCC)c2)cc1. The van der Waals surface area contributed by atoms with Crippen LogP contribution in [-0.4, -0.2) is 10.7 Å². The molecule has 2 heteroatoms. The highest BCUT2D eigenvalue weighted by atomic mass is 14.8. The summed E-state index contributed by atoms with van der Waals surface area (Å²) in [6, 6.07) is 18.3. The number of rotatable bonds is 16. The van der Waals surface area contributed by atoms with Gasteiger partial charge < -0.3 is 5.53 Å². The Balaban J connectivity index is 2.68. The summed E-state index contributed by atoms with van der Waals surface area (Å²) in [5.41, 5.74) is 18.4. The first kappa shape index (κ1) is 28.6. The molecule has 2 nitrogen and oxygen atoms in total.